The number of allylic oxidation sites excluding steroid dienone is 1. The molecule has 0 saturated carbocycles. The Morgan fingerprint density at radius 2 is 1.44 bits per heavy atom. The Labute approximate surface area is 424 Å². The first-order valence-corrected chi connectivity index (χ1v) is 28.0. The standard InChI is InChI=1S/C51H62ClF5N6O5S3/c1-49(2,3)63-27-23-60(24-28-63)20-18-38(34-69-40-9-7-6-8-10-40)58-45-16-15-41(31-46(45)70(65,66)51(55,56)57)71(67,68)59-48(64)35-11-13-39(14-12-35)62-25-21-61(22-26-62)33-37-32-50(4,5)19-17-42(37)36-29-43(53)47(52)44(54)30-36/h6-16,29-31,38,58H,17-28,32-34H2,1-5H3,(H,59,64). The van der Waals surface area contributed by atoms with Gasteiger partial charge in [0.25, 0.3) is 25.8 Å². The Hall–Kier alpha value is -4.24. The summed E-state index contributed by atoms with van der Waals surface area (Å²) in [6.07, 6.45) is 2.78. The molecular weight excluding hydrogens is 1000 g/mol. The van der Waals surface area contributed by atoms with Crippen molar-refractivity contribution >= 4 is 66.1 Å². The van der Waals surface area contributed by atoms with E-state index >= 15 is 0 Å². The average molecular weight is 1070 g/mol. The van der Waals surface area contributed by atoms with E-state index < -0.39 is 69.5 Å². The van der Waals surface area contributed by atoms with E-state index in [9.17, 15) is 43.6 Å². The van der Waals surface area contributed by atoms with Gasteiger partial charge < -0.3 is 15.1 Å². The van der Waals surface area contributed by atoms with Gasteiger partial charge in [-0.15, -0.1) is 11.8 Å². The number of benzene rings is 4. The third-order valence-electron chi connectivity index (χ3n) is 13.5. The van der Waals surface area contributed by atoms with Gasteiger partial charge in [0.1, 0.15) is 21.6 Å². The third kappa shape index (κ3) is 13.7. The second-order valence-corrected chi connectivity index (χ2v) is 25.3. The minimum Gasteiger partial charge on any atom is -0.380 e. The van der Waals surface area contributed by atoms with Crippen molar-refractivity contribution < 1.29 is 43.6 Å². The summed E-state index contributed by atoms with van der Waals surface area (Å²) >= 11 is 7.24. The summed E-state index contributed by atoms with van der Waals surface area (Å²) in [4.78, 5) is 21.2. The van der Waals surface area contributed by atoms with Crippen molar-refractivity contribution in [1.29, 1.82) is 0 Å². The maximum Gasteiger partial charge on any atom is 0.501 e. The lowest BCUT2D eigenvalue weighted by Gasteiger charge is -2.42. The van der Waals surface area contributed by atoms with E-state index in [2.05, 4.69) is 59.5 Å². The summed E-state index contributed by atoms with van der Waals surface area (Å²) in [7, 11) is -11.0. The van der Waals surface area contributed by atoms with E-state index in [1.54, 1.807) is 12.1 Å². The summed E-state index contributed by atoms with van der Waals surface area (Å²) in [5, 5.41) is 2.50. The van der Waals surface area contributed by atoms with Crippen LogP contribution in [0.25, 0.3) is 5.57 Å². The van der Waals surface area contributed by atoms with Crippen LogP contribution in [0.4, 0.5) is 33.3 Å². The molecule has 1 amide bonds. The minimum absolute atomic E-state index is 0.00561. The van der Waals surface area contributed by atoms with Crippen molar-refractivity contribution in [2.75, 3.05) is 81.4 Å². The fourth-order valence-corrected chi connectivity index (χ4v) is 12.5. The van der Waals surface area contributed by atoms with Crippen molar-refractivity contribution in [3.8, 4) is 0 Å². The largest absolute Gasteiger partial charge is 0.501 e. The minimum atomic E-state index is -6.09. The molecule has 20 heteroatoms. The highest BCUT2D eigenvalue weighted by atomic mass is 35.5. The zero-order valence-electron chi connectivity index (χ0n) is 40.6. The molecule has 2 fully saturated rings. The number of halogens is 6. The van der Waals surface area contributed by atoms with Crippen molar-refractivity contribution in [2.24, 2.45) is 5.41 Å². The molecule has 71 heavy (non-hydrogen) atoms. The Morgan fingerprint density at radius 1 is 0.817 bits per heavy atom. The van der Waals surface area contributed by atoms with Gasteiger partial charge in [-0.05, 0) is 130 Å². The Bertz CT molecular complexity index is 2770. The molecule has 2 N–H and O–H groups in total. The van der Waals surface area contributed by atoms with Crippen molar-refractivity contribution in [1.82, 2.24) is 19.4 Å². The number of thioether (sulfide) groups is 1. The first-order chi connectivity index (χ1) is 33.3. The molecule has 4 aromatic rings. The SMILES string of the molecule is CC1(C)CCC(c2cc(F)c(Cl)c(F)c2)=C(CN2CCN(c3ccc(C(=O)NS(=O)(=O)c4ccc(NC(CCN5CCN(C(C)(C)C)CC5)CSc5ccccc5)c(S(=O)(=O)C(F)(F)F)c4)cc3)CC2)C1. The molecule has 1 aliphatic carbocycles. The molecule has 2 saturated heterocycles. The maximum absolute atomic E-state index is 14.5. The lowest BCUT2D eigenvalue weighted by Crippen LogP contribution is -2.53. The molecule has 3 aliphatic rings. The van der Waals surface area contributed by atoms with Gasteiger partial charge in [0.15, 0.2) is 0 Å². The number of nitrogens with zero attached hydrogens (tertiary/aromatic N) is 4. The first kappa shape index (κ1) is 54.5. The van der Waals surface area contributed by atoms with Crippen molar-refractivity contribution in [2.45, 2.75) is 92.1 Å². The summed E-state index contributed by atoms with van der Waals surface area (Å²) in [6.45, 7) is 17.9. The van der Waals surface area contributed by atoms with E-state index in [0.717, 1.165) is 72.9 Å². The lowest BCUT2D eigenvalue weighted by atomic mass is 9.72. The van der Waals surface area contributed by atoms with Gasteiger partial charge in [-0.3, -0.25) is 14.6 Å². The highest BCUT2D eigenvalue weighted by Gasteiger charge is 2.48. The normalized spacial score (nSPS) is 18.4. The summed E-state index contributed by atoms with van der Waals surface area (Å²) in [6, 6.07) is 20.1. The van der Waals surface area contributed by atoms with Crippen LogP contribution in [0.1, 0.15) is 76.2 Å². The van der Waals surface area contributed by atoms with Crippen LogP contribution in [0.2, 0.25) is 5.02 Å². The van der Waals surface area contributed by atoms with Gasteiger partial charge >= 0.3 is 5.51 Å². The quantitative estimate of drug-likeness (QED) is 0.0634. The fraction of sp³-hybridized carbons (Fsp3) is 0.471. The zero-order chi connectivity index (χ0) is 51.5. The second-order valence-electron chi connectivity index (χ2n) is 20.3. The fourth-order valence-electron chi connectivity index (χ4n) is 9.39. The van der Waals surface area contributed by atoms with Gasteiger partial charge in [0.05, 0.1) is 10.6 Å². The van der Waals surface area contributed by atoms with Gasteiger partial charge in [-0.2, -0.15) is 13.2 Å². The van der Waals surface area contributed by atoms with Crippen LogP contribution in [0.5, 0.6) is 0 Å². The number of piperazine rings is 2. The molecule has 0 radical (unpaired) electrons. The summed E-state index contributed by atoms with van der Waals surface area (Å²) in [5.74, 6) is -2.29. The van der Waals surface area contributed by atoms with Crippen LogP contribution < -0.4 is 14.9 Å². The molecule has 386 valence electrons. The first-order valence-electron chi connectivity index (χ1n) is 23.7. The smallest absolute Gasteiger partial charge is 0.380 e. The number of sulfonamides is 1. The van der Waals surface area contributed by atoms with Gasteiger partial charge in [0.2, 0.25) is 0 Å². The molecular formula is C51H62ClF5N6O5S3. The number of alkyl halides is 3. The molecule has 1 atom stereocenters. The Morgan fingerprint density at radius 3 is 2.04 bits per heavy atom. The van der Waals surface area contributed by atoms with E-state index in [1.807, 2.05) is 35.1 Å². The molecule has 11 nitrogen and oxygen atoms in total. The second kappa shape index (κ2) is 22.1. The van der Waals surface area contributed by atoms with E-state index in [-0.39, 0.29) is 16.5 Å². The molecule has 0 spiro atoms. The molecule has 7 rings (SSSR count). The van der Waals surface area contributed by atoms with Crippen LogP contribution in [-0.4, -0.2) is 126 Å². The number of anilines is 2. The van der Waals surface area contributed by atoms with Crippen LogP contribution in [-0.2, 0) is 19.9 Å². The predicted octanol–water partition coefficient (Wildman–Crippen LogP) is 10.2. The highest BCUT2D eigenvalue weighted by molar-refractivity contribution is 7.99. The average Bonchev–Trinajstić information content (AvgIpc) is 3.31. The van der Waals surface area contributed by atoms with Gasteiger partial charge in [-0.1, -0.05) is 49.2 Å². The molecule has 0 aromatic heterocycles. The van der Waals surface area contributed by atoms with Gasteiger partial charge in [-0.25, -0.2) is 30.3 Å². The number of amides is 1. The van der Waals surface area contributed by atoms with Crippen molar-refractivity contribution in [3.05, 3.63) is 118 Å². The lowest BCUT2D eigenvalue weighted by molar-refractivity contribution is -0.0435. The highest BCUT2D eigenvalue weighted by Crippen LogP contribution is 2.44. The zero-order valence-corrected chi connectivity index (χ0v) is 43.8. The topological polar surface area (TPSA) is 122 Å². The number of sulfone groups is 1. The molecule has 2 aliphatic heterocycles. The van der Waals surface area contributed by atoms with Crippen LogP contribution in [0.15, 0.2) is 105 Å². The van der Waals surface area contributed by atoms with E-state index in [1.165, 1.54) is 36.0 Å². The van der Waals surface area contributed by atoms with Gasteiger partial charge in [0, 0.05) is 98.9 Å². The molecule has 0 bridgehead atoms. The van der Waals surface area contributed by atoms with Crippen LogP contribution in [0.3, 0.4) is 0 Å². The number of nitrogens with one attached hydrogen (secondary N) is 2. The number of carbonyl (C=O) groups is 1. The van der Waals surface area contributed by atoms with Crippen LogP contribution in [0, 0.1) is 17.0 Å². The maximum atomic E-state index is 14.5. The summed E-state index contributed by atoms with van der Waals surface area (Å²) in [5.41, 5.74) is -2.87. The molecule has 2 heterocycles. The Kier molecular flexibility index (Phi) is 17.0. The number of rotatable bonds is 16. The van der Waals surface area contributed by atoms with Crippen LogP contribution >= 0.6 is 23.4 Å². The van der Waals surface area contributed by atoms with Crippen molar-refractivity contribution in [3.63, 3.8) is 0 Å². The Balaban J connectivity index is 1.02. The summed E-state index contributed by atoms with van der Waals surface area (Å²) < 4.78 is 127. The molecule has 4 aromatic carbocycles. The number of carbonyl (C=O) groups excluding carboxylic acids is 1. The third-order valence-corrected chi connectivity index (χ3v) is 17.9. The molecule has 1 unspecified atom stereocenters. The number of hydrogen-bond donors (Lipinski definition) is 2. The predicted molar refractivity (Wildman–Crippen MR) is 272 cm³/mol. The van der Waals surface area contributed by atoms with E-state index in [0.29, 0.717) is 69.5 Å². The number of hydrogen-bond acceptors (Lipinski definition) is 11. The monoisotopic (exact) mass is 1060 g/mol. The van der Waals surface area contributed by atoms with E-state index in [4.69, 9.17) is 11.6 Å².